The summed E-state index contributed by atoms with van der Waals surface area (Å²) in [5, 5.41) is 8.92. The molecule has 0 amide bonds. The van der Waals surface area contributed by atoms with E-state index in [1.54, 1.807) is 6.92 Å². The van der Waals surface area contributed by atoms with E-state index < -0.39 is 5.97 Å². The number of ether oxygens (including phenoxy) is 2. The van der Waals surface area contributed by atoms with Crippen molar-refractivity contribution in [2.45, 2.75) is 13.5 Å². The fourth-order valence-electron chi connectivity index (χ4n) is 2.22. The van der Waals surface area contributed by atoms with Gasteiger partial charge in [-0.3, -0.25) is 5.10 Å². The van der Waals surface area contributed by atoms with Crippen LogP contribution < -0.4 is 4.74 Å². The summed E-state index contributed by atoms with van der Waals surface area (Å²) in [5.41, 5.74) is 1.01. The van der Waals surface area contributed by atoms with Crippen molar-refractivity contribution in [2.24, 2.45) is 0 Å². The molecule has 1 heterocycles. The Kier molecular flexibility index (Phi) is 4.05. The molecule has 112 valence electrons. The molecule has 5 heteroatoms. The van der Waals surface area contributed by atoms with E-state index in [9.17, 15) is 4.79 Å². The molecule has 1 aromatic heterocycles. The van der Waals surface area contributed by atoms with Gasteiger partial charge in [-0.2, -0.15) is 5.10 Å². The zero-order chi connectivity index (χ0) is 15.4. The number of rotatable bonds is 5. The number of hydrogen-bond acceptors (Lipinski definition) is 4. The number of carbonyl (C=O) groups excluding carboxylic acids is 1. The predicted octanol–water partition coefficient (Wildman–Crippen LogP) is 3.32. The van der Waals surface area contributed by atoms with Crippen LogP contribution in [0.25, 0.3) is 10.8 Å². The summed E-state index contributed by atoms with van der Waals surface area (Å²) < 4.78 is 10.7. The maximum atomic E-state index is 11.8. The summed E-state index contributed by atoms with van der Waals surface area (Å²) in [7, 11) is 0. The molecule has 0 saturated heterocycles. The molecule has 2 aromatic carbocycles. The Morgan fingerprint density at radius 1 is 1.18 bits per heavy atom. The van der Waals surface area contributed by atoms with E-state index in [2.05, 4.69) is 10.2 Å². The van der Waals surface area contributed by atoms with Crippen LogP contribution in [0.4, 0.5) is 0 Å². The smallest absolute Gasteiger partial charge is 0.341 e. The second-order valence-corrected chi connectivity index (χ2v) is 4.78. The molecule has 22 heavy (non-hydrogen) atoms. The number of fused-ring (bicyclic) bond motifs is 1. The van der Waals surface area contributed by atoms with Gasteiger partial charge in [0.05, 0.1) is 18.5 Å². The number of benzene rings is 2. The van der Waals surface area contributed by atoms with Crippen LogP contribution in [0, 0.1) is 0 Å². The van der Waals surface area contributed by atoms with Gasteiger partial charge in [0.1, 0.15) is 17.9 Å². The summed E-state index contributed by atoms with van der Waals surface area (Å²) >= 11 is 0. The molecule has 0 fully saturated rings. The summed E-state index contributed by atoms with van der Waals surface area (Å²) in [6.07, 6.45) is 1.46. The Balaban J connectivity index is 1.74. The molecule has 0 aliphatic rings. The normalized spacial score (nSPS) is 10.6. The highest BCUT2D eigenvalue weighted by atomic mass is 16.5. The number of nitrogens with one attached hydrogen (secondary N) is 1. The molecular formula is C17H16N2O3. The summed E-state index contributed by atoms with van der Waals surface area (Å²) in [5.74, 6) is 0.344. The molecule has 5 nitrogen and oxygen atoms in total. The van der Waals surface area contributed by atoms with E-state index in [0.29, 0.717) is 17.9 Å². The molecule has 0 saturated carbocycles. The second kappa shape index (κ2) is 6.30. The minimum Gasteiger partial charge on any atom is -0.487 e. The number of H-pyrrole nitrogens is 1. The van der Waals surface area contributed by atoms with E-state index in [0.717, 1.165) is 16.5 Å². The topological polar surface area (TPSA) is 64.2 Å². The van der Waals surface area contributed by atoms with Gasteiger partial charge < -0.3 is 9.47 Å². The lowest BCUT2D eigenvalue weighted by molar-refractivity contribution is 0.0523. The Bertz CT molecular complexity index is 795. The van der Waals surface area contributed by atoms with Crippen LogP contribution >= 0.6 is 0 Å². The largest absolute Gasteiger partial charge is 0.487 e. The van der Waals surface area contributed by atoms with Crippen LogP contribution in [-0.2, 0) is 11.3 Å². The van der Waals surface area contributed by atoms with Gasteiger partial charge in [0, 0.05) is 0 Å². The van der Waals surface area contributed by atoms with Crippen molar-refractivity contribution in [3.05, 3.63) is 59.9 Å². The van der Waals surface area contributed by atoms with Gasteiger partial charge in [0.2, 0.25) is 0 Å². The van der Waals surface area contributed by atoms with Gasteiger partial charge in [-0.1, -0.05) is 30.3 Å². The Morgan fingerprint density at radius 2 is 2.00 bits per heavy atom. The Labute approximate surface area is 127 Å². The third-order valence-corrected chi connectivity index (χ3v) is 3.32. The summed E-state index contributed by atoms with van der Waals surface area (Å²) in [4.78, 5) is 11.8. The van der Waals surface area contributed by atoms with E-state index in [-0.39, 0.29) is 6.61 Å². The van der Waals surface area contributed by atoms with E-state index in [1.165, 1.54) is 6.20 Å². The van der Waals surface area contributed by atoms with Crippen molar-refractivity contribution in [1.82, 2.24) is 10.2 Å². The first-order valence-corrected chi connectivity index (χ1v) is 7.09. The van der Waals surface area contributed by atoms with Crippen LogP contribution in [0.1, 0.15) is 23.0 Å². The van der Waals surface area contributed by atoms with E-state index in [4.69, 9.17) is 9.47 Å². The molecule has 0 radical (unpaired) electrons. The molecule has 0 unspecified atom stereocenters. The van der Waals surface area contributed by atoms with Crippen molar-refractivity contribution < 1.29 is 14.3 Å². The number of esters is 1. The first-order chi connectivity index (χ1) is 10.8. The first kappa shape index (κ1) is 14.1. The van der Waals surface area contributed by atoms with Crippen molar-refractivity contribution in [1.29, 1.82) is 0 Å². The predicted molar refractivity (Wildman–Crippen MR) is 82.8 cm³/mol. The Hall–Kier alpha value is -2.82. The van der Waals surface area contributed by atoms with Crippen LogP contribution in [0.5, 0.6) is 5.75 Å². The molecule has 1 N–H and O–H groups in total. The van der Waals surface area contributed by atoms with Gasteiger partial charge in [0.25, 0.3) is 0 Å². The third-order valence-electron chi connectivity index (χ3n) is 3.32. The van der Waals surface area contributed by atoms with Crippen molar-refractivity contribution in [3.8, 4) is 5.75 Å². The number of aromatic amines is 1. The standard InChI is InChI=1S/C17H16N2O3/c1-2-21-17(20)15-10-18-19-16(15)11-22-14-8-7-12-5-3-4-6-13(12)9-14/h3-10H,2,11H2,1H3,(H,18,19). The SMILES string of the molecule is CCOC(=O)c1cn[nH]c1COc1ccc2ccccc2c1. The molecule has 0 aliphatic heterocycles. The molecular weight excluding hydrogens is 280 g/mol. The molecule has 0 aliphatic carbocycles. The highest BCUT2D eigenvalue weighted by Crippen LogP contribution is 2.21. The fourth-order valence-corrected chi connectivity index (χ4v) is 2.22. The van der Waals surface area contributed by atoms with Gasteiger partial charge in [0.15, 0.2) is 0 Å². The maximum Gasteiger partial charge on any atom is 0.341 e. The fraction of sp³-hybridized carbons (Fsp3) is 0.176. The minimum absolute atomic E-state index is 0.229. The molecule has 0 bridgehead atoms. The first-order valence-electron chi connectivity index (χ1n) is 7.09. The number of carbonyl (C=O) groups is 1. The van der Waals surface area contributed by atoms with Crippen molar-refractivity contribution in [3.63, 3.8) is 0 Å². The lowest BCUT2D eigenvalue weighted by atomic mass is 10.1. The molecule has 3 rings (SSSR count). The van der Waals surface area contributed by atoms with Gasteiger partial charge in [-0.15, -0.1) is 0 Å². The average molecular weight is 296 g/mol. The van der Waals surface area contributed by atoms with Crippen molar-refractivity contribution >= 4 is 16.7 Å². The van der Waals surface area contributed by atoms with Gasteiger partial charge in [-0.25, -0.2) is 4.79 Å². The van der Waals surface area contributed by atoms with Crippen molar-refractivity contribution in [2.75, 3.05) is 6.61 Å². The molecule has 0 spiro atoms. The van der Waals surface area contributed by atoms with Crippen LogP contribution in [0.2, 0.25) is 0 Å². The van der Waals surface area contributed by atoms with Crippen LogP contribution in [-0.4, -0.2) is 22.8 Å². The van der Waals surface area contributed by atoms with Gasteiger partial charge in [-0.05, 0) is 29.8 Å². The van der Waals surface area contributed by atoms with Gasteiger partial charge >= 0.3 is 5.97 Å². The molecule has 3 aromatic rings. The zero-order valence-corrected chi connectivity index (χ0v) is 12.2. The zero-order valence-electron chi connectivity index (χ0n) is 12.2. The Morgan fingerprint density at radius 3 is 2.82 bits per heavy atom. The minimum atomic E-state index is -0.395. The second-order valence-electron chi connectivity index (χ2n) is 4.78. The van der Waals surface area contributed by atoms with E-state index in [1.807, 2.05) is 42.5 Å². The summed E-state index contributed by atoms with van der Waals surface area (Å²) in [6.45, 7) is 2.32. The number of aromatic nitrogens is 2. The summed E-state index contributed by atoms with van der Waals surface area (Å²) in [6, 6.07) is 13.9. The number of hydrogen-bond donors (Lipinski definition) is 1. The van der Waals surface area contributed by atoms with Crippen LogP contribution in [0.15, 0.2) is 48.7 Å². The highest BCUT2D eigenvalue weighted by molar-refractivity contribution is 5.90. The average Bonchev–Trinajstić information content (AvgIpc) is 3.01. The lowest BCUT2D eigenvalue weighted by Crippen LogP contribution is -2.08. The monoisotopic (exact) mass is 296 g/mol. The quantitative estimate of drug-likeness (QED) is 0.734. The van der Waals surface area contributed by atoms with Crippen LogP contribution in [0.3, 0.4) is 0 Å². The third kappa shape index (κ3) is 2.93. The van der Waals surface area contributed by atoms with E-state index >= 15 is 0 Å². The highest BCUT2D eigenvalue weighted by Gasteiger charge is 2.15. The number of nitrogens with zero attached hydrogens (tertiary/aromatic N) is 1. The maximum absolute atomic E-state index is 11.8. The lowest BCUT2D eigenvalue weighted by Gasteiger charge is -2.07. The molecule has 0 atom stereocenters.